The Morgan fingerprint density at radius 2 is 1.77 bits per heavy atom. The van der Waals surface area contributed by atoms with E-state index < -0.39 is 17.7 Å². The van der Waals surface area contributed by atoms with Gasteiger partial charge in [-0.25, -0.2) is 8.78 Å². The molecule has 26 heavy (non-hydrogen) atoms. The molecule has 0 aliphatic heterocycles. The fraction of sp³-hybridized carbons (Fsp3) is 0.316. The monoisotopic (exact) mass is 380 g/mol. The lowest BCUT2D eigenvalue weighted by Crippen LogP contribution is -2.46. The van der Waals surface area contributed by atoms with Crippen LogP contribution in [0.25, 0.3) is 0 Å². The molecule has 0 spiro atoms. The van der Waals surface area contributed by atoms with Crippen LogP contribution >= 0.6 is 13.5 Å². The van der Waals surface area contributed by atoms with Crippen LogP contribution in [0.3, 0.4) is 0 Å². The highest BCUT2D eigenvalue weighted by molar-refractivity contribution is 7.59. The van der Waals surface area contributed by atoms with E-state index in [0.29, 0.717) is 11.3 Å². The zero-order valence-electron chi connectivity index (χ0n) is 14.4. The minimum absolute atomic E-state index is 0. The lowest BCUT2D eigenvalue weighted by molar-refractivity contribution is -0.119. The van der Waals surface area contributed by atoms with Crippen LogP contribution in [0, 0.1) is 11.6 Å². The molecule has 0 heterocycles. The van der Waals surface area contributed by atoms with Crippen molar-refractivity contribution in [1.82, 2.24) is 0 Å². The lowest BCUT2D eigenvalue weighted by atomic mass is 10.0. The first kappa shape index (κ1) is 20.2. The van der Waals surface area contributed by atoms with E-state index in [2.05, 4.69) is 0 Å². The average Bonchev–Trinajstić information content (AvgIpc) is 3.39. The van der Waals surface area contributed by atoms with Crippen molar-refractivity contribution < 1.29 is 18.3 Å². The van der Waals surface area contributed by atoms with Crippen molar-refractivity contribution in [3.05, 3.63) is 59.7 Å². The molecule has 0 bridgehead atoms. The number of carbonyl (C=O) groups excluding carboxylic acids is 1. The number of hydrogen-bond acceptors (Lipinski definition) is 3. The summed E-state index contributed by atoms with van der Waals surface area (Å²) >= 11 is 0. The number of methoxy groups -OCH3 is 1. The number of benzene rings is 2. The quantitative estimate of drug-likeness (QED) is 0.838. The van der Waals surface area contributed by atoms with Crippen LogP contribution in [0.2, 0.25) is 0 Å². The molecule has 0 unspecified atom stereocenters. The van der Waals surface area contributed by atoms with Crippen molar-refractivity contribution in [2.24, 2.45) is 5.73 Å². The number of carbonyl (C=O) groups is 1. The van der Waals surface area contributed by atoms with Crippen LogP contribution < -0.4 is 15.4 Å². The zero-order chi connectivity index (χ0) is 18.0. The van der Waals surface area contributed by atoms with Gasteiger partial charge in [0.2, 0.25) is 5.91 Å². The van der Waals surface area contributed by atoms with E-state index in [1.807, 2.05) is 12.1 Å². The second kappa shape index (κ2) is 8.51. The van der Waals surface area contributed by atoms with Gasteiger partial charge in [0.05, 0.1) is 13.2 Å². The van der Waals surface area contributed by atoms with Crippen LogP contribution in [0.15, 0.2) is 42.5 Å². The number of anilines is 1. The molecule has 140 valence electrons. The summed E-state index contributed by atoms with van der Waals surface area (Å²) in [5.41, 5.74) is 7.16. The first-order valence-electron chi connectivity index (χ1n) is 8.15. The second-order valence-electron chi connectivity index (χ2n) is 6.23. The van der Waals surface area contributed by atoms with Crippen LogP contribution in [0.4, 0.5) is 14.5 Å². The molecule has 2 aromatic rings. The van der Waals surface area contributed by atoms with Gasteiger partial charge in [0.15, 0.2) is 0 Å². The smallest absolute Gasteiger partial charge is 0.244 e. The summed E-state index contributed by atoms with van der Waals surface area (Å²) in [6.45, 7) is 0. The number of nitrogens with two attached hydrogens (primary N) is 1. The molecule has 7 heteroatoms. The van der Waals surface area contributed by atoms with Crippen LogP contribution in [0.5, 0.6) is 5.75 Å². The summed E-state index contributed by atoms with van der Waals surface area (Å²) in [6, 6.07) is 9.63. The number of amides is 1. The third-order valence-electron chi connectivity index (χ3n) is 4.20. The van der Waals surface area contributed by atoms with Crippen molar-refractivity contribution in [2.75, 3.05) is 12.0 Å². The number of ether oxygens (including phenoxy) is 1. The van der Waals surface area contributed by atoms with Gasteiger partial charge in [-0.15, -0.1) is 0 Å². The lowest BCUT2D eigenvalue weighted by Gasteiger charge is -2.26. The molecule has 1 aliphatic rings. The van der Waals surface area contributed by atoms with E-state index in [-0.39, 0.29) is 31.9 Å². The number of hydrogen-bond donors (Lipinski definition) is 1. The van der Waals surface area contributed by atoms with Gasteiger partial charge in [-0.1, -0.05) is 0 Å². The molecular weight excluding hydrogens is 358 g/mol. The number of halogens is 2. The van der Waals surface area contributed by atoms with E-state index in [1.54, 1.807) is 24.1 Å². The predicted octanol–water partition coefficient (Wildman–Crippen LogP) is 3.15. The Kier molecular flexibility index (Phi) is 6.61. The van der Waals surface area contributed by atoms with E-state index in [9.17, 15) is 13.6 Å². The Balaban J connectivity index is 0.00000243. The van der Waals surface area contributed by atoms with E-state index in [1.165, 1.54) is 12.1 Å². The number of rotatable bonds is 6. The van der Waals surface area contributed by atoms with E-state index in [0.717, 1.165) is 24.6 Å². The summed E-state index contributed by atoms with van der Waals surface area (Å²) in [5.74, 6) is -0.906. The molecule has 1 amide bonds. The Morgan fingerprint density at radius 3 is 2.27 bits per heavy atom. The topological polar surface area (TPSA) is 55.6 Å². The van der Waals surface area contributed by atoms with E-state index >= 15 is 0 Å². The van der Waals surface area contributed by atoms with Crippen molar-refractivity contribution in [1.29, 1.82) is 0 Å². The highest BCUT2D eigenvalue weighted by atomic mass is 32.1. The minimum atomic E-state index is -0.871. The Bertz CT molecular complexity index is 746. The Morgan fingerprint density at radius 1 is 1.19 bits per heavy atom. The summed E-state index contributed by atoms with van der Waals surface area (Å²) in [6.07, 6.45) is 1.91. The largest absolute Gasteiger partial charge is 0.497 e. The number of nitrogens with zero attached hydrogens (tertiary/aromatic N) is 1. The van der Waals surface area contributed by atoms with Gasteiger partial charge < -0.3 is 15.4 Å². The SMILES string of the molecule is COc1ccc(N(C(=O)[C@@H](N)Cc2cc(F)cc(F)c2)C2CC2)cc1.S. The predicted molar refractivity (Wildman–Crippen MR) is 102 cm³/mol. The molecule has 1 aliphatic carbocycles. The highest BCUT2D eigenvalue weighted by Gasteiger charge is 2.36. The second-order valence-corrected chi connectivity index (χ2v) is 6.23. The Labute approximate surface area is 158 Å². The zero-order valence-corrected chi connectivity index (χ0v) is 15.4. The van der Waals surface area contributed by atoms with Gasteiger partial charge in [-0.2, -0.15) is 13.5 Å². The van der Waals surface area contributed by atoms with Crippen molar-refractivity contribution in [3.8, 4) is 5.75 Å². The maximum atomic E-state index is 13.3. The van der Waals surface area contributed by atoms with Crippen molar-refractivity contribution >= 4 is 25.1 Å². The van der Waals surface area contributed by atoms with Gasteiger partial charge in [-0.05, 0) is 61.2 Å². The standard InChI is InChI=1S/C19H20F2N2O2.H2S/c1-25-17-6-4-16(5-7-17)23(15-2-3-15)19(24)18(22)10-12-8-13(20)11-14(21)9-12;/h4-9,11,15,18H,2-3,10,22H2,1H3;1H2/t18-;/m0./s1. The summed E-state index contributed by atoms with van der Waals surface area (Å²) in [7, 11) is 1.58. The first-order chi connectivity index (χ1) is 12.0. The summed E-state index contributed by atoms with van der Waals surface area (Å²) in [4.78, 5) is 14.5. The van der Waals surface area contributed by atoms with Crippen molar-refractivity contribution in [3.63, 3.8) is 0 Å². The van der Waals surface area contributed by atoms with Gasteiger partial charge in [0, 0.05) is 17.8 Å². The Hall–Kier alpha value is -2.12. The normalized spacial score (nSPS) is 14.3. The van der Waals surface area contributed by atoms with Crippen molar-refractivity contribution in [2.45, 2.75) is 31.3 Å². The van der Waals surface area contributed by atoms with Crippen LogP contribution in [-0.4, -0.2) is 25.1 Å². The molecule has 0 saturated heterocycles. The maximum absolute atomic E-state index is 13.3. The van der Waals surface area contributed by atoms with Gasteiger partial charge in [0.25, 0.3) is 0 Å². The van der Waals surface area contributed by atoms with Gasteiger partial charge in [0.1, 0.15) is 17.4 Å². The van der Waals surface area contributed by atoms with Gasteiger partial charge in [-0.3, -0.25) is 4.79 Å². The minimum Gasteiger partial charge on any atom is -0.497 e. The molecule has 0 radical (unpaired) electrons. The van der Waals surface area contributed by atoms with E-state index in [4.69, 9.17) is 10.5 Å². The summed E-state index contributed by atoms with van der Waals surface area (Å²) < 4.78 is 31.8. The third-order valence-corrected chi connectivity index (χ3v) is 4.20. The third kappa shape index (κ3) is 4.74. The molecule has 1 saturated carbocycles. The van der Waals surface area contributed by atoms with Crippen LogP contribution in [-0.2, 0) is 11.2 Å². The molecule has 3 rings (SSSR count). The molecule has 1 fully saturated rings. The fourth-order valence-electron chi connectivity index (χ4n) is 2.84. The molecule has 1 atom stereocenters. The highest BCUT2D eigenvalue weighted by Crippen LogP contribution is 2.33. The van der Waals surface area contributed by atoms with Gasteiger partial charge >= 0.3 is 0 Å². The first-order valence-corrected chi connectivity index (χ1v) is 8.15. The maximum Gasteiger partial charge on any atom is 0.244 e. The average molecular weight is 380 g/mol. The molecule has 2 N–H and O–H groups in total. The fourth-order valence-corrected chi connectivity index (χ4v) is 2.84. The molecule has 2 aromatic carbocycles. The molecule has 4 nitrogen and oxygen atoms in total. The molecular formula is C19H22F2N2O2S. The molecule has 0 aromatic heterocycles. The van der Waals surface area contributed by atoms with Crippen LogP contribution in [0.1, 0.15) is 18.4 Å². The summed E-state index contributed by atoms with van der Waals surface area (Å²) in [5, 5.41) is 0.